The Morgan fingerprint density at radius 2 is 2.15 bits per heavy atom. The fraction of sp³-hybridized carbons (Fsp3) is 0.588. The molecule has 2 fully saturated rings. The molecular formula is C17H21N5O4. The summed E-state index contributed by atoms with van der Waals surface area (Å²) >= 11 is 0. The molecule has 1 aliphatic carbocycles. The third kappa shape index (κ3) is 2.81. The zero-order valence-corrected chi connectivity index (χ0v) is 14.3. The van der Waals surface area contributed by atoms with Crippen molar-refractivity contribution in [1.82, 2.24) is 19.5 Å². The number of terminal acetylenes is 1. The summed E-state index contributed by atoms with van der Waals surface area (Å²) in [5.41, 5.74) is 1.07. The molecule has 1 saturated carbocycles. The number of rotatable bonds is 4. The van der Waals surface area contributed by atoms with Gasteiger partial charge in [0.25, 0.3) is 0 Å². The lowest BCUT2D eigenvalue weighted by Crippen LogP contribution is -2.30. The molecule has 0 spiro atoms. The van der Waals surface area contributed by atoms with Crippen molar-refractivity contribution in [2.75, 3.05) is 12.4 Å². The van der Waals surface area contributed by atoms with Gasteiger partial charge in [-0.1, -0.05) is 5.92 Å². The van der Waals surface area contributed by atoms with Crippen molar-refractivity contribution < 1.29 is 19.7 Å². The lowest BCUT2D eigenvalue weighted by atomic mass is 10.1. The van der Waals surface area contributed by atoms with Crippen LogP contribution in [-0.2, 0) is 9.47 Å². The van der Waals surface area contributed by atoms with E-state index >= 15 is 0 Å². The summed E-state index contributed by atoms with van der Waals surface area (Å²) in [4.78, 5) is 12.9. The highest BCUT2D eigenvalue weighted by molar-refractivity contribution is 5.82. The summed E-state index contributed by atoms with van der Waals surface area (Å²) in [6, 6.07) is 0.254. The van der Waals surface area contributed by atoms with Crippen molar-refractivity contribution in [3.63, 3.8) is 0 Å². The van der Waals surface area contributed by atoms with Crippen LogP contribution in [0.4, 0.5) is 5.82 Å². The van der Waals surface area contributed by atoms with Crippen LogP contribution in [0.5, 0.6) is 0 Å². The third-order valence-electron chi connectivity index (χ3n) is 5.09. The number of aromatic nitrogens is 4. The van der Waals surface area contributed by atoms with Crippen LogP contribution < -0.4 is 5.32 Å². The number of aliphatic hydroxyl groups is 2. The Morgan fingerprint density at radius 1 is 1.31 bits per heavy atom. The number of nitrogens with one attached hydrogen (secondary N) is 1. The summed E-state index contributed by atoms with van der Waals surface area (Å²) in [7, 11) is 1.72. The van der Waals surface area contributed by atoms with Gasteiger partial charge in [-0.15, -0.1) is 6.42 Å². The molecule has 9 nitrogen and oxygen atoms in total. The van der Waals surface area contributed by atoms with Crippen molar-refractivity contribution in [2.45, 2.75) is 55.9 Å². The van der Waals surface area contributed by atoms with Gasteiger partial charge in [-0.3, -0.25) is 4.57 Å². The summed E-state index contributed by atoms with van der Waals surface area (Å²) < 4.78 is 12.6. The SMILES string of the molecule is C#C[C@H]1O[C@@H](n2cnc3c(NC4CCC(OC)C4)ncnc32)[C@H](O)[C@@H]1O. The van der Waals surface area contributed by atoms with Gasteiger partial charge in [0.15, 0.2) is 23.2 Å². The maximum Gasteiger partial charge on any atom is 0.167 e. The minimum atomic E-state index is -1.17. The van der Waals surface area contributed by atoms with E-state index in [1.54, 1.807) is 11.7 Å². The smallest absolute Gasteiger partial charge is 0.167 e. The molecule has 2 aromatic heterocycles. The van der Waals surface area contributed by atoms with Crippen LogP contribution >= 0.6 is 0 Å². The molecule has 2 aliphatic rings. The summed E-state index contributed by atoms with van der Waals surface area (Å²) in [6.45, 7) is 0. The Morgan fingerprint density at radius 3 is 2.85 bits per heavy atom. The standard InChI is InChI=1S/C17H21N5O4/c1-3-11-13(23)14(24)17(26-11)22-8-20-12-15(18-7-19-16(12)22)21-9-4-5-10(6-9)25-2/h1,7-11,13-14,17,23-24H,4-6H2,2H3,(H,18,19,21)/t9?,10?,11-,13-,14-,17-/m1/s1. The molecule has 138 valence electrons. The Bertz CT molecular complexity index is 834. The average Bonchev–Trinajstić information content (AvgIpc) is 3.35. The van der Waals surface area contributed by atoms with Gasteiger partial charge in [-0.25, -0.2) is 15.0 Å². The molecule has 1 saturated heterocycles. The molecule has 6 atom stereocenters. The molecule has 0 amide bonds. The molecule has 26 heavy (non-hydrogen) atoms. The molecule has 2 unspecified atom stereocenters. The van der Waals surface area contributed by atoms with Gasteiger partial charge in [0, 0.05) is 13.2 Å². The first-order valence-electron chi connectivity index (χ1n) is 8.57. The number of hydrogen-bond acceptors (Lipinski definition) is 8. The van der Waals surface area contributed by atoms with Gasteiger partial charge in [-0.2, -0.15) is 0 Å². The minimum absolute atomic E-state index is 0.254. The van der Waals surface area contributed by atoms with Crippen molar-refractivity contribution in [2.24, 2.45) is 0 Å². The van der Waals surface area contributed by atoms with Crippen LogP contribution in [0.25, 0.3) is 11.2 Å². The van der Waals surface area contributed by atoms with E-state index in [0.717, 1.165) is 19.3 Å². The molecule has 9 heteroatoms. The summed E-state index contributed by atoms with van der Waals surface area (Å²) in [5, 5.41) is 23.6. The van der Waals surface area contributed by atoms with Gasteiger partial charge in [-0.05, 0) is 19.3 Å². The van der Waals surface area contributed by atoms with Gasteiger partial charge in [0.2, 0.25) is 0 Å². The molecule has 1 aliphatic heterocycles. The molecule has 0 aromatic carbocycles. The highest BCUT2D eigenvalue weighted by atomic mass is 16.6. The normalized spacial score (nSPS) is 34.2. The highest BCUT2D eigenvalue weighted by Crippen LogP contribution is 2.32. The van der Waals surface area contributed by atoms with E-state index in [1.165, 1.54) is 12.7 Å². The van der Waals surface area contributed by atoms with Crippen LogP contribution in [0.1, 0.15) is 25.5 Å². The number of imidazole rings is 1. The topological polar surface area (TPSA) is 115 Å². The van der Waals surface area contributed by atoms with E-state index in [2.05, 4.69) is 26.2 Å². The van der Waals surface area contributed by atoms with Crippen molar-refractivity contribution in [1.29, 1.82) is 0 Å². The maximum atomic E-state index is 10.3. The van der Waals surface area contributed by atoms with Crippen LogP contribution in [0, 0.1) is 12.3 Å². The second-order valence-electron chi connectivity index (χ2n) is 6.65. The molecular weight excluding hydrogens is 338 g/mol. The van der Waals surface area contributed by atoms with Crippen molar-refractivity contribution >= 4 is 17.0 Å². The quantitative estimate of drug-likeness (QED) is 0.657. The number of anilines is 1. The predicted molar refractivity (Wildman–Crippen MR) is 92.1 cm³/mol. The van der Waals surface area contributed by atoms with E-state index < -0.39 is 24.5 Å². The highest BCUT2D eigenvalue weighted by Gasteiger charge is 2.43. The average molecular weight is 359 g/mol. The van der Waals surface area contributed by atoms with E-state index in [4.69, 9.17) is 15.9 Å². The summed E-state index contributed by atoms with van der Waals surface area (Å²) in [5.74, 6) is 2.95. The Balaban J connectivity index is 1.61. The summed E-state index contributed by atoms with van der Waals surface area (Å²) in [6.07, 6.45) is 7.37. The number of aliphatic hydroxyl groups excluding tert-OH is 2. The number of hydrogen-bond donors (Lipinski definition) is 3. The number of methoxy groups -OCH3 is 1. The number of nitrogens with zero attached hydrogens (tertiary/aromatic N) is 4. The van der Waals surface area contributed by atoms with Crippen LogP contribution in [-0.4, -0.2) is 67.3 Å². The molecule has 3 heterocycles. The van der Waals surface area contributed by atoms with Gasteiger partial charge >= 0.3 is 0 Å². The maximum absolute atomic E-state index is 10.3. The lowest BCUT2D eigenvalue weighted by Gasteiger charge is -2.17. The fourth-order valence-electron chi connectivity index (χ4n) is 3.65. The van der Waals surface area contributed by atoms with E-state index in [-0.39, 0.29) is 12.1 Å². The van der Waals surface area contributed by atoms with Crippen LogP contribution in [0.3, 0.4) is 0 Å². The molecule has 0 bridgehead atoms. The molecule has 0 radical (unpaired) electrons. The minimum Gasteiger partial charge on any atom is -0.386 e. The van der Waals surface area contributed by atoms with Gasteiger partial charge in [0.1, 0.15) is 24.6 Å². The third-order valence-corrected chi connectivity index (χ3v) is 5.09. The predicted octanol–water partition coefficient (Wildman–Crippen LogP) is 0.0581. The second kappa shape index (κ2) is 6.81. The van der Waals surface area contributed by atoms with E-state index in [0.29, 0.717) is 17.0 Å². The Labute approximate surface area is 150 Å². The van der Waals surface area contributed by atoms with Crippen LogP contribution in [0.2, 0.25) is 0 Å². The lowest BCUT2D eigenvalue weighted by molar-refractivity contribution is -0.0230. The van der Waals surface area contributed by atoms with E-state index in [1.807, 2.05) is 0 Å². The molecule has 2 aromatic rings. The Kier molecular flexibility index (Phi) is 4.50. The Hall–Kier alpha value is -2.25. The van der Waals surface area contributed by atoms with Gasteiger partial charge < -0.3 is 25.0 Å². The van der Waals surface area contributed by atoms with E-state index in [9.17, 15) is 10.2 Å². The number of fused-ring (bicyclic) bond motifs is 1. The van der Waals surface area contributed by atoms with Crippen LogP contribution in [0.15, 0.2) is 12.7 Å². The largest absolute Gasteiger partial charge is 0.386 e. The monoisotopic (exact) mass is 359 g/mol. The second-order valence-corrected chi connectivity index (χ2v) is 6.65. The van der Waals surface area contributed by atoms with Crippen molar-refractivity contribution in [3.05, 3.63) is 12.7 Å². The molecule has 3 N–H and O–H groups in total. The number of ether oxygens (including phenoxy) is 2. The molecule has 4 rings (SSSR count). The zero-order chi connectivity index (χ0) is 18.3. The first-order valence-corrected chi connectivity index (χ1v) is 8.57. The fourth-order valence-corrected chi connectivity index (χ4v) is 3.65. The first-order chi connectivity index (χ1) is 12.6. The van der Waals surface area contributed by atoms with Crippen molar-refractivity contribution in [3.8, 4) is 12.3 Å². The van der Waals surface area contributed by atoms with Gasteiger partial charge in [0.05, 0.1) is 12.4 Å². The zero-order valence-electron chi connectivity index (χ0n) is 14.3. The first kappa shape index (κ1) is 17.2.